The average Bonchev–Trinajstić information content (AvgIpc) is 3.61. The molecule has 200 valence electrons. The van der Waals surface area contributed by atoms with Gasteiger partial charge in [-0.1, -0.05) is 24.9 Å². The highest BCUT2D eigenvalue weighted by Gasteiger charge is 2.21. The molecule has 0 amide bonds. The van der Waals surface area contributed by atoms with E-state index in [0.29, 0.717) is 17.6 Å². The van der Waals surface area contributed by atoms with E-state index in [1.54, 1.807) is 0 Å². The van der Waals surface area contributed by atoms with Crippen LogP contribution in [0.3, 0.4) is 0 Å². The lowest BCUT2D eigenvalue weighted by molar-refractivity contribution is 0.0923. The van der Waals surface area contributed by atoms with Gasteiger partial charge in [-0.25, -0.2) is 0 Å². The number of hydrogen-bond acceptors (Lipinski definition) is 9. The van der Waals surface area contributed by atoms with E-state index in [1.807, 2.05) is 39.0 Å². The number of benzene rings is 1. The van der Waals surface area contributed by atoms with Crippen LogP contribution in [0.4, 0.5) is 0 Å². The summed E-state index contributed by atoms with van der Waals surface area (Å²) in [6.45, 7) is 5.88. The van der Waals surface area contributed by atoms with Crippen molar-refractivity contribution in [1.82, 2.24) is 20.4 Å². The van der Waals surface area contributed by atoms with Crippen molar-refractivity contribution >= 4 is 0 Å². The molecule has 2 heterocycles. The van der Waals surface area contributed by atoms with Crippen LogP contribution in [-0.2, 0) is 6.42 Å². The summed E-state index contributed by atoms with van der Waals surface area (Å²) in [7, 11) is 0. The molecule has 1 aliphatic rings. The molecular formula is C28H38N4O5. The van der Waals surface area contributed by atoms with E-state index in [9.17, 15) is 5.11 Å². The Morgan fingerprint density at radius 3 is 2.51 bits per heavy atom. The minimum atomic E-state index is -0.790. The summed E-state index contributed by atoms with van der Waals surface area (Å²) in [5.41, 5.74) is 5.69. The molecule has 0 radical (unpaired) electrons. The molecule has 9 heteroatoms. The quantitative estimate of drug-likeness (QED) is 0.289. The van der Waals surface area contributed by atoms with Crippen LogP contribution >= 0.6 is 0 Å². The molecule has 1 atom stereocenters. The van der Waals surface area contributed by atoms with E-state index >= 15 is 0 Å². The maximum Gasteiger partial charge on any atom is 0.258 e. The fourth-order valence-corrected chi connectivity index (χ4v) is 4.88. The largest absolute Gasteiger partial charge is 0.490 e. The number of aliphatic hydroxyl groups is 3. The third-order valence-electron chi connectivity index (χ3n) is 6.91. The van der Waals surface area contributed by atoms with Gasteiger partial charge >= 0.3 is 0 Å². The predicted molar refractivity (Wildman–Crippen MR) is 140 cm³/mol. The molecule has 0 spiro atoms. The summed E-state index contributed by atoms with van der Waals surface area (Å²) < 4.78 is 11.6. The van der Waals surface area contributed by atoms with Gasteiger partial charge in [0.1, 0.15) is 18.5 Å². The molecule has 1 aliphatic carbocycles. The summed E-state index contributed by atoms with van der Waals surface area (Å²) in [5.74, 6) is 2.22. The molecule has 3 aromatic rings. The van der Waals surface area contributed by atoms with Gasteiger partial charge in [-0.3, -0.25) is 4.98 Å². The molecule has 1 saturated carbocycles. The summed E-state index contributed by atoms with van der Waals surface area (Å²) in [6.07, 6.45) is 4.80. The molecular weight excluding hydrogens is 472 g/mol. The Hall–Kier alpha value is -2.85. The monoisotopic (exact) mass is 510 g/mol. The van der Waals surface area contributed by atoms with Gasteiger partial charge in [0.05, 0.1) is 19.3 Å². The number of nitrogens with one attached hydrogen (secondary N) is 1. The SMILES string of the molecule is CCc1cc(-c2noc(-c3cc(C)nc(C4CCCC4)c3)n2)cc(C)c1OC[C@@H](O)CNC(CO)CO. The minimum absolute atomic E-state index is 0.0842. The van der Waals surface area contributed by atoms with Crippen molar-refractivity contribution in [3.05, 3.63) is 46.8 Å². The van der Waals surface area contributed by atoms with Crippen LogP contribution in [0.25, 0.3) is 22.8 Å². The molecule has 9 nitrogen and oxygen atoms in total. The highest BCUT2D eigenvalue weighted by molar-refractivity contribution is 5.64. The van der Waals surface area contributed by atoms with Crippen molar-refractivity contribution in [2.24, 2.45) is 0 Å². The van der Waals surface area contributed by atoms with Gasteiger partial charge in [-0.05, 0) is 68.5 Å². The van der Waals surface area contributed by atoms with Crippen LogP contribution in [0.15, 0.2) is 28.8 Å². The fourth-order valence-electron chi connectivity index (χ4n) is 4.88. The van der Waals surface area contributed by atoms with E-state index in [4.69, 9.17) is 29.4 Å². The number of hydrogen-bond donors (Lipinski definition) is 4. The number of pyridine rings is 1. The van der Waals surface area contributed by atoms with Gasteiger partial charge in [-0.2, -0.15) is 4.98 Å². The van der Waals surface area contributed by atoms with Gasteiger partial charge in [0.2, 0.25) is 5.82 Å². The summed E-state index contributed by atoms with van der Waals surface area (Å²) in [4.78, 5) is 9.46. The van der Waals surface area contributed by atoms with Crippen LogP contribution in [0, 0.1) is 13.8 Å². The third kappa shape index (κ3) is 6.73. The third-order valence-corrected chi connectivity index (χ3v) is 6.91. The smallest absolute Gasteiger partial charge is 0.258 e. The summed E-state index contributed by atoms with van der Waals surface area (Å²) in [5, 5.41) is 35.7. The molecule has 4 N–H and O–H groups in total. The first-order valence-electron chi connectivity index (χ1n) is 13.1. The molecule has 1 aromatic carbocycles. The van der Waals surface area contributed by atoms with Crippen LogP contribution in [0.5, 0.6) is 5.75 Å². The Morgan fingerprint density at radius 2 is 1.81 bits per heavy atom. The lowest BCUT2D eigenvalue weighted by Crippen LogP contribution is -2.42. The zero-order valence-electron chi connectivity index (χ0n) is 21.9. The van der Waals surface area contributed by atoms with Gasteiger partial charge in [0.25, 0.3) is 5.89 Å². The van der Waals surface area contributed by atoms with E-state index in [0.717, 1.165) is 45.8 Å². The van der Waals surface area contributed by atoms with E-state index in [2.05, 4.69) is 16.5 Å². The topological polar surface area (TPSA) is 134 Å². The second-order valence-electron chi connectivity index (χ2n) is 9.90. The first-order valence-corrected chi connectivity index (χ1v) is 13.1. The van der Waals surface area contributed by atoms with E-state index < -0.39 is 12.1 Å². The van der Waals surface area contributed by atoms with Crippen molar-refractivity contribution in [2.75, 3.05) is 26.4 Å². The normalized spacial score (nSPS) is 15.0. The number of aryl methyl sites for hydroxylation is 3. The zero-order chi connectivity index (χ0) is 26.4. The highest BCUT2D eigenvalue weighted by atomic mass is 16.5. The first kappa shape index (κ1) is 27.2. The van der Waals surface area contributed by atoms with Crippen LogP contribution in [0.1, 0.15) is 61.0 Å². The first-order chi connectivity index (χ1) is 17.9. The van der Waals surface area contributed by atoms with Crippen molar-refractivity contribution < 1.29 is 24.6 Å². The fraction of sp³-hybridized carbons (Fsp3) is 0.536. The van der Waals surface area contributed by atoms with Crippen molar-refractivity contribution in [1.29, 1.82) is 0 Å². The molecule has 0 aliphatic heterocycles. The Labute approximate surface area is 217 Å². The number of aromatic nitrogens is 3. The standard InChI is InChI=1S/C28H38N4O5/c1-4-19-11-21(9-17(2)26(19)36-16-24(35)13-29-23(14-33)15-34)27-31-28(37-32-27)22-10-18(3)30-25(12-22)20-7-5-6-8-20/h9-12,20,23-24,29,33-35H,4-8,13-16H2,1-3H3/t24-/m0/s1. The van der Waals surface area contributed by atoms with E-state index in [1.165, 1.54) is 25.7 Å². The number of aliphatic hydroxyl groups excluding tert-OH is 3. The van der Waals surface area contributed by atoms with Crippen molar-refractivity contribution in [3.63, 3.8) is 0 Å². The Kier molecular flexibility index (Phi) is 9.26. The maximum atomic E-state index is 10.3. The Morgan fingerprint density at radius 1 is 1.05 bits per heavy atom. The zero-order valence-corrected chi connectivity index (χ0v) is 21.9. The maximum absolute atomic E-state index is 10.3. The molecule has 0 saturated heterocycles. The molecule has 37 heavy (non-hydrogen) atoms. The van der Waals surface area contributed by atoms with Gasteiger partial charge < -0.3 is 29.9 Å². The molecule has 2 aromatic heterocycles. The van der Waals surface area contributed by atoms with Crippen LogP contribution in [-0.4, -0.2) is 69.0 Å². The van der Waals surface area contributed by atoms with Crippen molar-refractivity contribution in [2.45, 2.75) is 70.9 Å². The second kappa shape index (κ2) is 12.6. The molecule has 4 rings (SSSR count). The van der Waals surface area contributed by atoms with Gasteiger partial charge in [-0.15, -0.1) is 0 Å². The average molecular weight is 511 g/mol. The van der Waals surface area contributed by atoms with Crippen molar-refractivity contribution in [3.8, 4) is 28.6 Å². The number of rotatable bonds is 12. The highest BCUT2D eigenvalue weighted by Crippen LogP contribution is 2.35. The number of nitrogens with zero attached hydrogens (tertiary/aromatic N) is 3. The summed E-state index contributed by atoms with van der Waals surface area (Å²) >= 11 is 0. The van der Waals surface area contributed by atoms with Crippen LogP contribution < -0.4 is 10.1 Å². The lowest BCUT2D eigenvalue weighted by atomic mass is 10.0. The molecule has 0 bridgehead atoms. The van der Waals surface area contributed by atoms with Gasteiger partial charge in [0.15, 0.2) is 0 Å². The van der Waals surface area contributed by atoms with Gasteiger partial charge in [0, 0.05) is 35.0 Å². The van der Waals surface area contributed by atoms with Crippen LogP contribution in [0.2, 0.25) is 0 Å². The molecule has 0 unspecified atom stereocenters. The Balaban J connectivity index is 1.49. The second-order valence-corrected chi connectivity index (χ2v) is 9.90. The Bertz CT molecular complexity index is 1170. The minimum Gasteiger partial charge on any atom is -0.490 e. The molecule has 1 fully saturated rings. The predicted octanol–water partition coefficient (Wildman–Crippen LogP) is 3.32. The van der Waals surface area contributed by atoms with E-state index in [-0.39, 0.29) is 26.4 Å². The number of ether oxygens (including phenoxy) is 1. The summed E-state index contributed by atoms with van der Waals surface area (Å²) in [6, 6.07) is 7.56. The lowest BCUT2D eigenvalue weighted by Gasteiger charge is -2.19.